The second kappa shape index (κ2) is 7.89. The number of hydrogen-bond acceptors (Lipinski definition) is 6. The van der Waals surface area contributed by atoms with E-state index in [4.69, 9.17) is 9.47 Å². The number of Topliss-reactive ketones (excluding diaryl/α,β-unsaturated/α-hetero) is 2. The number of aryl methyl sites for hydroxylation is 1. The molecule has 28 heavy (non-hydrogen) atoms. The van der Waals surface area contributed by atoms with Gasteiger partial charge >= 0.3 is 11.9 Å². The van der Waals surface area contributed by atoms with Crippen LogP contribution in [-0.2, 0) is 19.1 Å². The Labute approximate surface area is 164 Å². The number of carbonyl (C=O) groups is 4. The van der Waals surface area contributed by atoms with E-state index in [2.05, 4.69) is 4.98 Å². The molecule has 2 bridgehead atoms. The highest BCUT2D eigenvalue weighted by atomic mass is 16.5. The number of aromatic amines is 1. The molecule has 2 fully saturated rings. The van der Waals surface area contributed by atoms with Crippen molar-refractivity contribution in [1.29, 1.82) is 0 Å². The fraction of sp³-hybridized carbons (Fsp3) is 0.619. The van der Waals surface area contributed by atoms with Gasteiger partial charge in [-0.25, -0.2) is 4.79 Å². The van der Waals surface area contributed by atoms with Gasteiger partial charge < -0.3 is 14.5 Å². The molecule has 2 aliphatic rings. The summed E-state index contributed by atoms with van der Waals surface area (Å²) < 4.78 is 10.2. The lowest BCUT2D eigenvalue weighted by atomic mass is 9.67. The number of nitrogens with one attached hydrogen (secondary N) is 1. The topological polar surface area (TPSA) is 103 Å². The Morgan fingerprint density at radius 2 is 1.71 bits per heavy atom. The first-order valence-electron chi connectivity index (χ1n) is 9.80. The first-order valence-corrected chi connectivity index (χ1v) is 9.80. The van der Waals surface area contributed by atoms with E-state index in [1.54, 1.807) is 13.8 Å². The van der Waals surface area contributed by atoms with Crippen molar-refractivity contribution in [2.24, 2.45) is 17.8 Å². The molecule has 0 amide bonds. The molecule has 3 unspecified atom stereocenters. The highest BCUT2D eigenvalue weighted by Crippen LogP contribution is 2.40. The van der Waals surface area contributed by atoms with Gasteiger partial charge in [-0.15, -0.1) is 0 Å². The molecule has 7 nitrogen and oxygen atoms in total. The summed E-state index contributed by atoms with van der Waals surface area (Å²) in [6.07, 6.45) is 2.76. The normalized spacial score (nSPS) is 25.1. The van der Waals surface area contributed by atoms with Crippen LogP contribution in [0.1, 0.15) is 71.1 Å². The summed E-state index contributed by atoms with van der Waals surface area (Å²) in [6, 6.07) is 0. The van der Waals surface area contributed by atoms with Gasteiger partial charge in [0.05, 0.1) is 24.3 Å². The summed E-state index contributed by atoms with van der Waals surface area (Å²) in [6.45, 7) is 4.87. The van der Waals surface area contributed by atoms with Crippen LogP contribution < -0.4 is 0 Å². The third kappa shape index (κ3) is 3.62. The summed E-state index contributed by atoms with van der Waals surface area (Å²) >= 11 is 0. The van der Waals surface area contributed by atoms with Crippen molar-refractivity contribution in [2.45, 2.75) is 59.0 Å². The van der Waals surface area contributed by atoms with Gasteiger partial charge in [0.15, 0.2) is 6.10 Å². The number of fused-ring (bicyclic) bond motifs is 2. The van der Waals surface area contributed by atoms with Gasteiger partial charge in [0.1, 0.15) is 5.78 Å². The molecular formula is C21H27NO6. The SMILES string of the molecule is COC(=O)c1c(C)[nH]c(C(=O)C(C)OC(=O)C2CC3CCCC(C2)C3=O)c1C. The largest absolute Gasteiger partial charge is 0.465 e. The fourth-order valence-electron chi connectivity index (χ4n) is 4.60. The minimum atomic E-state index is -0.979. The Morgan fingerprint density at radius 3 is 2.29 bits per heavy atom. The summed E-state index contributed by atoms with van der Waals surface area (Å²) in [5.74, 6) is -1.48. The first kappa shape index (κ1) is 20.3. The minimum absolute atomic E-state index is 0.0491. The Bertz CT molecular complexity index is 807. The number of H-pyrrole nitrogens is 1. The lowest BCUT2D eigenvalue weighted by molar-refractivity contribution is -0.155. The zero-order valence-electron chi connectivity index (χ0n) is 16.8. The van der Waals surface area contributed by atoms with Gasteiger partial charge in [-0.2, -0.15) is 0 Å². The molecule has 0 saturated heterocycles. The lowest BCUT2D eigenvalue weighted by Crippen LogP contribution is -2.40. The number of methoxy groups -OCH3 is 1. The molecule has 2 saturated carbocycles. The van der Waals surface area contributed by atoms with Crippen LogP contribution in [-0.4, -0.2) is 41.7 Å². The summed E-state index contributed by atoms with van der Waals surface area (Å²) in [4.78, 5) is 52.4. The van der Waals surface area contributed by atoms with Crippen LogP contribution in [0.15, 0.2) is 0 Å². The summed E-state index contributed by atoms with van der Waals surface area (Å²) in [5.41, 5.74) is 1.58. The molecule has 1 heterocycles. The van der Waals surface area contributed by atoms with Crippen molar-refractivity contribution in [3.63, 3.8) is 0 Å². The highest BCUT2D eigenvalue weighted by molar-refractivity contribution is 6.04. The third-order valence-electron chi connectivity index (χ3n) is 6.12. The number of carbonyl (C=O) groups excluding carboxylic acids is 4. The maximum absolute atomic E-state index is 12.8. The quantitative estimate of drug-likeness (QED) is 0.614. The van der Waals surface area contributed by atoms with Crippen molar-refractivity contribution in [2.75, 3.05) is 7.11 Å². The van der Waals surface area contributed by atoms with Crippen molar-refractivity contribution in [3.05, 3.63) is 22.5 Å². The van der Waals surface area contributed by atoms with Crippen LogP contribution in [0.2, 0.25) is 0 Å². The second-order valence-corrected chi connectivity index (χ2v) is 7.96. The van der Waals surface area contributed by atoms with Gasteiger partial charge in [-0.05, 0) is 52.0 Å². The Balaban J connectivity index is 1.69. The van der Waals surface area contributed by atoms with Crippen LogP contribution >= 0.6 is 0 Å². The van der Waals surface area contributed by atoms with E-state index in [-0.39, 0.29) is 29.2 Å². The van der Waals surface area contributed by atoms with E-state index in [1.807, 2.05) is 0 Å². The van der Waals surface area contributed by atoms with E-state index in [9.17, 15) is 19.2 Å². The number of hydrogen-bond donors (Lipinski definition) is 1. The first-order chi connectivity index (χ1) is 13.2. The van der Waals surface area contributed by atoms with Crippen LogP contribution in [0.4, 0.5) is 0 Å². The summed E-state index contributed by atoms with van der Waals surface area (Å²) in [7, 11) is 1.28. The van der Waals surface area contributed by atoms with Gasteiger partial charge in [0.2, 0.25) is 5.78 Å². The zero-order valence-corrected chi connectivity index (χ0v) is 16.8. The predicted octanol–water partition coefficient (Wildman–Crippen LogP) is 2.93. The fourth-order valence-corrected chi connectivity index (χ4v) is 4.60. The van der Waals surface area contributed by atoms with E-state index < -0.39 is 23.8 Å². The molecular weight excluding hydrogens is 362 g/mol. The molecule has 0 radical (unpaired) electrons. The molecule has 7 heteroatoms. The average Bonchev–Trinajstić information content (AvgIpc) is 2.94. The van der Waals surface area contributed by atoms with Gasteiger partial charge in [-0.1, -0.05) is 6.42 Å². The minimum Gasteiger partial charge on any atom is -0.465 e. The molecule has 0 aromatic carbocycles. The molecule has 3 rings (SSSR count). The molecule has 1 aromatic heterocycles. The molecule has 2 aliphatic carbocycles. The number of esters is 2. The van der Waals surface area contributed by atoms with E-state index >= 15 is 0 Å². The molecule has 1 N–H and O–H groups in total. The highest BCUT2D eigenvalue weighted by Gasteiger charge is 2.42. The van der Waals surface area contributed by atoms with Crippen LogP contribution in [0.5, 0.6) is 0 Å². The van der Waals surface area contributed by atoms with Crippen molar-refractivity contribution in [3.8, 4) is 0 Å². The Morgan fingerprint density at radius 1 is 1.11 bits per heavy atom. The van der Waals surface area contributed by atoms with Crippen LogP contribution in [0, 0.1) is 31.6 Å². The van der Waals surface area contributed by atoms with Crippen molar-refractivity contribution in [1.82, 2.24) is 4.98 Å². The maximum atomic E-state index is 12.8. The van der Waals surface area contributed by atoms with E-state index in [0.717, 1.165) is 19.3 Å². The number of ketones is 2. The standard InChI is InChI=1S/C21H27NO6/c1-10-16(21(26)27-4)11(2)22-17(10)18(23)12(3)28-20(25)15-8-13-6-5-7-14(9-15)19(13)24/h12-15,22H,5-9H2,1-4H3. The zero-order chi connectivity index (χ0) is 20.6. The summed E-state index contributed by atoms with van der Waals surface area (Å²) in [5, 5.41) is 0. The van der Waals surface area contributed by atoms with Crippen LogP contribution in [0.25, 0.3) is 0 Å². The average molecular weight is 389 g/mol. The smallest absolute Gasteiger partial charge is 0.339 e. The Kier molecular flexibility index (Phi) is 5.72. The van der Waals surface area contributed by atoms with Gasteiger partial charge in [0, 0.05) is 17.5 Å². The number of aromatic nitrogens is 1. The van der Waals surface area contributed by atoms with Crippen molar-refractivity contribution < 1.29 is 28.7 Å². The molecule has 0 spiro atoms. The lowest BCUT2D eigenvalue weighted by Gasteiger charge is -2.36. The second-order valence-electron chi connectivity index (χ2n) is 7.96. The van der Waals surface area contributed by atoms with Gasteiger partial charge in [-0.3, -0.25) is 14.4 Å². The molecule has 0 aliphatic heterocycles. The van der Waals surface area contributed by atoms with Crippen molar-refractivity contribution >= 4 is 23.5 Å². The maximum Gasteiger partial charge on any atom is 0.339 e. The Hall–Kier alpha value is -2.44. The number of ether oxygens (including phenoxy) is 2. The van der Waals surface area contributed by atoms with E-state index in [1.165, 1.54) is 14.0 Å². The third-order valence-corrected chi connectivity index (χ3v) is 6.12. The predicted molar refractivity (Wildman–Crippen MR) is 100 cm³/mol. The van der Waals surface area contributed by atoms with E-state index in [0.29, 0.717) is 29.7 Å². The number of rotatable bonds is 5. The van der Waals surface area contributed by atoms with Crippen LogP contribution in [0.3, 0.4) is 0 Å². The van der Waals surface area contributed by atoms with Gasteiger partial charge in [0.25, 0.3) is 0 Å². The monoisotopic (exact) mass is 389 g/mol. The molecule has 152 valence electrons. The molecule has 1 aromatic rings. The molecule has 3 atom stereocenters.